The zero-order chi connectivity index (χ0) is 37.6. The van der Waals surface area contributed by atoms with Crippen LogP contribution in [0, 0.1) is 11.7 Å². The van der Waals surface area contributed by atoms with Crippen LogP contribution in [0.25, 0.3) is 0 Å². The molecular formula is C44H46FN5O5. The molecule has 2 N–H and O–H groups in total. The summed E-state index contributed by atoms with van der Waals surface area (Å²) in [6, 6.07) is 27.4. The third-order valence-electron chi connectivity index (χ3n) is 12.4. The van der Waals surface area contributed by atoms with Gasteiger partial charge in [-0.05, 0) is 72.2 Å². The summed E-state index contributed by atoms with van der Waals surface area (Å²) in [5, 5.41) is 12.5. The van der Waals surface area contributed by atoms with Crippen LogP contribution < -0.4 is 19.9 Å². The molecule has 3 fully saturated rings. The number of nitrogens with zero attached hydrogens (tertiary/aromatic N) is 4. The zero-order valence-corrected chi connectivity index (χ0v) is 30.8. The predicted octanol–water partition coefficient (Wildman–Crippen LogP) is 5.64. The number of anilines is 2. The first-order chi connectivity index (χ1) is 26.8. The van der Waals surface area contributed by atoms with Gasteiger partial charge in [-0.1, -0.05) is 48.5 Å². The van der Waals surface area contributed by atoms with Crippen LogP contribution in [0.2, 0.25) is 0 Å². The van der Waals surface area contributed by atoms with Gasteiger partial charge in [-0.15, -0.1) is 0 Å². The Hall–Kier alpha value is -5.42. The number of hydrogen-bond acceptors (Lipinski definition) is 8. The van der Waals surface area contributed by atoms with Crippen molar-refractivity contribution in [1.82, 2.24) is 15.1 Å². The van der Waals surface area contributed by atoms with Crippen LogP contribution in [-0.4, -0.2) is 91.1 Å². The lowest BCUT2D eigenvalue weighted by Crippen LogP contribution is -2.52. The Morgan fingerprint density at radius 1 is 0.800 bits per heavy atom. The highest BCUT2D eigenvalue weighted by atomic mass is 19.1. The van der Waals surface area contributed by atoms with E-state index in [4.69, 9.17) is 4.74 Å². The van der Waals surface area contributed by atoms with Gasteiger partial charge < -0.3 is 24.5 Å². The lowest BCUT2D eigenvalue weighted by Gasteiger charge is -2.40. The topological polar surface area (TPSA) is 106 Å². The molecule has 0 aromatic heterocycles. The van der Waals surface area contributed by atoms with Gasteiger partial charge in [-0.25, -0.2) is 4.39 Å². The molecule has 3 amide bonds. The standard InChI is InChI=1S/C44H46FN5O5/c45-37-24-35-31(26-50(44(35)54)38-12-13-41(52)46-43(38)53)22-39(37)49-20-18-47(19-21-49)25-28-14-16-48(17-15-28)32-8-6-30(7-9-32)42-34-11-10-33(51)23-40(34)55-27-36(42)29-4-2-1-3-5-29/h1-11,22-24,28,36,38,42,51H,12-21,25-27H2,(H,46,52,53)/t36-,38?,42-/m0/s1. The highest BCUT2D eigenvalue weighted by Gasteiger charge is 2.40. The van der Waals surface area contributed by atoms with Gasteiger partial charge in [-0.2, -0.15) is 0 Å². The van der Waals surface area contributed by atoms with Crippen LogP contribution in [0.1, 0.15) is 70.1 Å². The van der Waals surface area contributed by atoms with Gasteiger partial charge >= 0.3 is 0 Å². The minimum Gasteiger partial charge on any atom is -0.508 e. The van der Waals surface area contributed by atoms with E-state index in [2.05, 4.69) is 68.5 Å². The van der Waals surface area contributed by atoms with E-state index < -0.39 is 17.8 Å². The van der Waals surface area contributed by atoms with Crippen molar-refractivity contribution < 1.29 is 28.6 Å². The minimum absolute atomic E-state index is 0.116. The van der Waals surface area contributed by atoms with Crippen molar-refractivity contribution in [2.75, 3.05) is 62.2 Å². The summed E-state index contributed by atoms with van der Waals surface area (Å²) in [5.41, 5.74) is 6.35. The third-order valence-corrected chi connectivity index (χ3v) is 12.4. The fourth-order valence-electron chi connectivity index (χ4n) is 9.42. The van der Waals surface area contributed by atoms with Gasteiger partial charge in [-0.3, -0.25) is 24.6 Å². The maximum atomic E-state index is 15.5. The Bertz CT molecular complexity index is 2100. The number of phenolic OH excluding ortho intramolecular Hbond substituents is 1. The highest BCUT2D eigenvalue weighted by Crippen LogP contribution is 2.47. The maximum absolute atomic E-state index is 15.5. The molecule has 3 atom stereocenters. The molecule has 9 rings (SSSR count). The number of halogens is 1. The van der Waals surface area contributed by atoms with Crippen molar-refractivity contribution in [3.63, 3.8) is 0 Å². The van der Waals surface area contributed by atoms with E-state index in [0.29, 0.717) is 36.9 Å². The average Bonchev–Trinajstić information content (AvgIpc) is 3.52. The molecule has 5 aliphatic heterocycles. The Kier molecular flexibility index (Phi) is 9.41. The second kappa shape index (κ2) is 14.7. The second-order valence-corrected chi connectivity index (χ2v) is 15.7. The first-order valence-corrected chi connectivity index (χ1v) is 19.6. The second-order valence-electron chi connectivity index (χ2n) is 15.7. The van der Waals surface area contributed by atoms with Crippen molar-refractivity contribution in [3.8, 4) is 11.5 Å². The quantitative estimate of drug-likeness (QED) is 0.235. The zero-order valence-electron chi connectivity index (χ0n) is 30.8. The van der Waals surface area contributed by atoms with E-state index in [1.54, 1.807) is 18.2 Å². The van der Waals surface area contributed by atoms with Gasteiger partial charge in [0.25, 0.3) is 5.91 Å². The van der Waals surface area contributed by atoms with E-state index in [1.807, 2.05) is 12.1 Å². The Morgan fingerprint density at radius 3 is 2.31 bits per heavy atom. The van der Waals surface area contributed by atoms with Crippen molar-refractivity contribution in [1.29, 1.82) is 0 Å². The molecule has 3 saturated heterocycles. The summed E-state index contributed by atoms with van der Waals surface area (Å²) in [5.74, 6) is 0.274. The normalized spacial score (nSPS) is 23.3. The Labute approximate surface area is 320 Å². The number of piperazine rings is 1. The number of imide groups is 1. The largest absolute Gasteiger partial charge is 0.508 e. The van der Waals surface area contributed by atoms with E-state index in [9.17, 15) is 19.5 Å². The third kappa shape index (κ3) is 6.90. The summed E-state index contributed by atoms with van der Waals surface area (Å²) in [6.45, 7) is 6.93. The highest BCUT2D eigenvalue weighted by molar-refractivity contribution is 6.05. The number of fused-ring (bicyclic) bond motifs is 2. The summed E-state index contributed by atoms with van der Waals surface area (Å²) in [4.78, 5) is 45.7. The number of hydrogen-bond donors (Lipinski definition) is 2. The first kappa shape index (κ1) is 35.3. The fourth-order valence-corrected chi connectivity index (χ4v) is 9.42. The van der Waals surface area contributed by atoms with E-state index in [1.165, 1.54) is 27.8 Å². The summed E-state index contributed by atoms with van der Waals surface area (Å²) >= 11 is 0. The van der Waals surface area contributed by atoms with Crippen LogP contribution in [-0.2, 0) is 16.1 Å². The van der Waals surface area contributed by atoms with Gasteiger partial charge in [0.1, 0.15) is 23.4 Å². The van der Waals surface area contributed by atoms with Crippen LogP contribution >= 0.6 is 0 Å². The van der Waals surface area contributed by atoms with Crippen LogP contribution in [0.5, 0.6) is 11.5 Å². The molecule has 1 unspecified atom stereocenters. The number of nitrogens with one attached hydrogen (secondary N) is 1. The molecule has 284 valence electrons. The molecule has 0 radical (unpaired) electrons. The van der Waals surface area contributed by atoms with Crippen LogP contribution in [0.3, 0.4) is 0 Å². The summed E-state index contributed by atoms with van der Waals surface area (Å²) in [7, 11) is 0. The smallest absolute Gasteiger partial charge is 0.255 e. The molecule has 55 heavy (non-hydrogen) atoms. The maximum Gasteiger partial charge on any atom is 0.255 e. The molecule has 5 heterocycles. The minimum atomic E-state index is -0.716. The number of carbonyl (C=O) groups is 3. The molecular weight excluding hydrogens is 698 g/mol. The number of rotatable bonds is 7. The number of benzene rings is 4. The van der Waals surface area contributed by atoms with Crippen LogP contribution in [0.4, 0.5) is 15.8 Å². The van der Waals surface area contributed by atoms with Crippen LogP contribution in [0.15, 0.2) is 84.9 Å². The van der Waals surface area contributed by atoms with Crippen molar-refractivity contribution in [2.45, 2.75) is 50.1 Å². The SMILES string of the molecule is O=C1CCC(N2Cc3cc(N4CCN(CC5CCN(c6ccc([C@H]7c8ccc(O)cc8OC[C@H]7c7ccccc7)cc6)CC5)CC4)c(F)cc3C2=O)C(=O)N1. The lowest BCUT2D eigenvalue weighted by molar-refractivity contribution is -0.136. The van der Waals surface area contributed by atoms with Gasteiger partial charge in [0, 0.05) is 93.5 Å². The van der Waals surface area contributed by atoms with E-state index in [0.717, 1.165) is 62.4 Å². The molecule has 0 saturated carbocycles. The number of phenols is 1. The predicted molar refractivity (Wildman–Crippen MR) is 207 cm³/mol. The molecule has 11 heteroatoms. The van der Waals surface area contributed by atoms with Gasteiger partial charge in [0.05, 0.1) is 12.3 Å². The number of amides is 3. The van der Waals surface area contributed by atoms with Gasteiger partial charge in [0.2, 0.25) is 11.8 Å². The van der Waals surface area contributed by atoms with E-state index >= 15 is 4.39 Å². The average molecular weight is 744 g/mol. The number of piperidine rings is 2. The summed E-state index contributed by atoms with van der Waals surface area (Å²) in [6.07, 6.45) is 2.70. The molecule has 5 aliphatic rings. The van der Waals surface area contributed by atoms with Crippen molar-refractivity contribution in [3.05, 3.63) is 119 Å². The van der Waals surface area contributed by atoms with E-state index in [-0.39, 0.29) is 48.8 Å². The first-order valence-electron chi connectivity index (χ1n) is 19.6. The number of ether oxygens (including phenoxy) is 1. The summed E-state index contributed by atoms with van der Waals surface area (Å²) < 4.78 is 21.6. The van der Waals surface area contributed by atoms with Gasteiger partial charge in [0.15, 0.2) is 0 Å². The molecule has 0 aliphatic carbocycles. The lowest BCUT2D eigenvalue weighted by atomic mass is 9.76. The monoisotopic (exact) mass is 743 g/mol. The van der Waals surface area contributed by atoms with Crippen molar-refractivity contribution >= 4 is 29.1 Å². The molecule has 4 aromatic rings. The molecule has 0 bridgehead atoms. The molecule has 4 aromatic carbocycles. The number of carbonyl (C=O) groups excluding carboxylic acids is 3. The Balaban J connectivity index is 0.790. The molecule has 10 nitrogen and oxygen atoms in total. The Morgan fingerprint density at radius 2 is 1.56 bits per heavy atom. The number of aromatic hydroxyl groups is 1. The van der Waals surface area contributed by atoms with Crippen molar-refractivity contribution in [2.24, 2.45) is 5.92 Å². The fraction of sp³-hybridized carbons (Fsp3) is 0.386. The molecule has 0 spiro atoms.